The number of carbonyl (C=O) groups is 1. The van der Waals surface area contributed by atoms with Crippen LogP contribution < -0.4 is 15.6 Å². The normalized spacial score (nSPS) is 11.2. The molecule has 35 heavy (non-hydrogen) atoms. The van der Waals surface area contributed by atoms with E-state index in [0.717, 1.165) is 22.8 Å². The van der Waals surface area contributed by atoms with E-state index in [1.807, 2.05) is 48.5 Å². The smallest absolute Gasteiger partial charge is 0.278 e. The Kier molecular flexibility index (Phi) is 5.96. The fourth-order valence-corrected chi connectivity index (χ4v) is 4.24. The number of ether oxygens (including phenoxy) is 1. The number of anilines is 1. The zero-order valence-electron chi connectivity index (χ0n) is 18.7. The van der Waals surface area contributed by atoms with E-state index in [0.29, 0.717) is 23.1 Å². The second kappa shape index (κ2) is 9.23. The van der Waals surface area contributed by atoms with Gasteiger partial charge in [0.2, 0.25) is 5.91 Å². The fraction of sp³-hybridized carbons (Fsp3) is 0.115. The molecule has 0 aliphatic carbocycles. The van der Waals surface area contributed by atoms with Crippen molar-refractivity contribution >= 4 is 45.1 Å². The summed E-state index contributed by atoms with van der Waals surface area (Å²) in [6, 6.07) is 18.7. The molecule has 3 aromatic carbocycles. The molecule has 2 heterocycles. The number of nitrogens with zero attached hydrogens (tertiary/aromatic N) is 3. The molecule has 0 spiro atoms. The quantitative estimate of drug-likeness (QED) is 0.369. The number of fused-ring (bicyclic) bond motifs is 3. The van der Waals surface area contributed by atoms with Crippen molar-refractivity contribution < 1.29 is 13.9 Å². The molecule has 1 N–H and O–H groups in total. The van der Waals surface area contributed by atoms with Crippen molar-refractivity contribution in [2.24, 2.45) is 0 Å². The summed E-state index contributed by atoms with van der Waals surface area (Å²) in [6.07, 6.45) is 1.51. The second-order valence-corrected chi connectivity index (χ2v) is 8.43. The zero-order valence-corrected chi connectivity index (χ0v) is 19.4. The highest BCUT2D eigenvalue weighted by Gasteiger charge is 2.19. The molecule has 0 fully saturated rings. The maximum absolute atomic E-state index is 14.2. The number of methoxy groups -OCH3 is 1. The molecule has 0 saturated carbocycles. The molecule has 9 heteroatoms. The van der Waals surface area contributed by atoms with Gasteiger partial charge in [0.15, 0.2) is 0 Å². The van der Waals surface area contributed by atoms with Crippen LogP contribution in [0.5, 0.6) is 5.75 Å². The first-order valence-electron chi connectivity index (χ1n) is 10.8. The van der Waals surface area contributed by atoms with Crippen molar-refractivity contribution in [3.05, 3.63) is 99.8 Å². The van der Waals surface area contributed by atoms with E-state index in [9.17, 15) is 14.0 Å². The average Bonchev–Trinajstić information content (AvgIpc) is 3.17. The number of hydrogen-bond acceptors (Lipinski definition) is 4. The van der Waals surface area contributed by atoms with Crippen LogP contribution in [0.15, 0.2) is 77.9 Å². The number of aromatic nitrogens is 3. The molecule has 0 radical (unpaired) electrons. The Balaban J connectivity index is 1.55. The van der Waals surface area contributed by atoms with Gasteiger partial charge in [-0.05, 0) is 42.0 Å². The predicted molar refractivity (Wildman–Crippen MR) is 134 cm³/mol. The number of benzene rings is 3. The van der Waals surface area contributed by atoms with Crippen LogP contribution in [0.2, 0.25) is 5.02 Å². The average molecular weight is 491 g/mol. The summed E-state index contributed by atoms with van der Waals surface area (Å²) in [5, 5.41) is 3.53. The Morgan fingerprint density at radius 3 is 2.63 bits per heavy atom. The maximum Gasteiger partial charge on any atom is 0.278 e. The van der Waals surface area contributed by atoms with Gasteiger partial charge in [-0.15, -0.1) is 0 Å². The van der Waals surface area contributed by atoms with Gasteiger partial charge in [0.1, 0.15) is 29.1 Å². The van der Waals surface area contributed by atoms with Crippen molar-refractivity contribution in [1.29, 1.82) is 0 Å². The van der Waals surface area contributed by atoms with Crippen molar-refractivity contribution in [2.45, 2.75) is 13.1 Å². The van der Waals surface area contributed by atoms with Gasteiger partial charge >= 0.3 is 0 Å². The van der Waals surface area contributed by atoms with Crippen LogP contribution in [-0.4, -0.2) is 27.1 Å². The van der Waals surface area contributed by atoms with Crippen molar-refractivity contribution in [2.75, 3.05) is 12.4 Å². The number of halogens is 2. The highest BCUT2D eigenvalue weighted by Crippen LogP contribution is 2.26. The minimum absolute atomic E-state index is 0.00945. The molecule has 2 aromatic heterocycles. The largest absolute Gasteiger partial charge is 0.497 e. The van der Waals surface area contributed by atoms with Gasteiger partial charge < -0.3 is 14.6 Å². The van der Waals surface area contributed by atoms with Gasteiger partial charge in [0.05, 0.1) is 31.2 Å². The number of hydrogen-bond donors (Lipinski definition) is 1. The van der Waals surface area contributed by atoms with Crippen LogP contribution in [0, 0.1) is 5.82 Å². The number of nitrogens with one attached hydrogen (secondary N) is 1. The van der Waals surface area contributed by atoms with Crippen LogP contribution >= 0.6 is 11.6 Å². The maximum atomic E-state index is 14.2. The molecule has 0 unspecified atom stereocenters. The molecular weight excluding hydrogens is 471 g/mol. The Morgan fingerprint density at radius 2 is 1.89 bits per heavy atom. The number of carbonyl (C=O) groups excluding carboxylic acids is 1. The van der Waals surface area contributed by atoms with Gasteiger partial charge in [-0.25, -0.2) is 9.37 Å². The summed E-state index contributed by atoms with van der Waals surface area (Å²) in [7, 11) is 1.59. The lowest BCUT2D eigenvalue weighted by atomic mass is 10.2. The molecular formula is C26H20ClFN4O3. The minimum atomic E-state index is -0.642. The number of rotatable bonds is 6. The van der Waals surface area contributed by atoms with Crippen LogP contribution in [0.4, 0.5) is 10.1 Å². The third kappa shape index (κ3) is 4.36. The molecule has 0 saturated heterocycles. The summed E-state index contributed by atoms with van der Waals surface area (Å²) < 4.78 is 22.5. The van der Waals surface area contributed by atoms with Gasteiger partial charge in [0.25, 0.3) is 5.56 Å². The van der Waals surface area contributed by atoms with E-state index < -0.39 is 11.7 Å². The van der Waals surface area contributed by atoms with Gasteiger partial charge in [-0.1, -0.05) is 41.9 Å². The van der Waals surface area contributed by atoms with Crippen molar-refractivity contribution in [3.63, 3.8) is 0 Å². The molecule has 0 aliphatic rings. The second-order valence-electron chi connectivity index (χ2n) is 8.00. The summed E-state index contributed by atoms with van der Waals surface area (Å²) >= 11 is 5.80. The molecule has 0 bridgehead atoms. The van der Waals surface area contributed by atoms with Crippen LogP contribution in [0.1, 0.15) is 5.56 Å². The molecule has 7 nitrogen and oxygen atoms in total. The molecule has 0 atom stereocenters. The lowest BCUT2D eigenvalue weighted by molar-refractivity contribution is -0.116. The summed E-state index contributed by atoms with van der Waals surface area (Å²) in [5.41, 5.74) is 2.10. The monoisotopic (exact) mass is 490 g/mol. The van der Waals surface area contributed by atoms with Gasteiger partial charge in [0, 0.05) is 10.4 Å². The fourth-order valence-electron chi connectivity index (χ4n) is 4.08. The summed E-state index contributed by atoms with van der Waals surface area (Å²) in [6.45, 7) is 0.102. The van der Waals surface area contributed by atoms with Crippen LogP contribution in [0.3, 0.4) is 0 Å². The first kappa shape index (κ1) is 22.6. The first-order valence-corrected chi connectivity index (χ1v) is 11.2. The summed E-state index contributed by atoms with van der Waals surface area (Å²) in [5.74, 6) is -0.409. The Bertz CT molecular complexity index is 1630. The lowest BCUT2D eigenvalue weighted by Crippen LogP contribution is -2.25. The highest BCUT2D eigenvalue weighted by atomic mass is 35.5. The van der Waals surface area contributed by atoms with E-state index in [-0.39, 0.29) is 22.8 Å². The van der Waals surface area contributed by atoms with Crippen LogP contribution in [0.25, 0.3) is 21.9 Å². The Morgan fingerprint density at radius 1 is 1.11 bits per heavy atom. The SMILES string of the molecule is COc1ccc(Cn2cnc3c4ccccc4n(CC(=O)Nc4ccc(Cl)cc4F)c3c2=O)cc1. The standard InChI is InChI=1S/C26H20ClFN4O3/c1-35-18-9-6-16(7-10-18)13-31-15-29-24-19-4-2-3-5-22(19)32(25(24)26(31)34)14-23(33)30-21-11-8-17(27)12-20(21)28/h2-12,15H,13-14H2,1H3,(H,30,33). The Hall–Kier alpha value is -4.17. The molecule has 5 rings (SSSR count). The third-order valence-corrected chi connectivity index (χ3v) is 5.99. The predicted octanol–water partition coefficient (Wildman–Crippen LogP) is 4.84. The zero-order chi connectivity index (χ0) is 24.5. The van der Waals surface area contributed by atoms with E-state index in [4.69, 9.17) is 16.3 Å². The Labute approximate surface area is 204 Å². The topological polar surface area (TPSA) is 78.2 Å². The van der Waals surface area contributed by atoms with E-state index in [2.05, 4.69) is 10.3 Å². The lowest BCUT2D eigenvalue weighted by Gasteiger charge is -2.11. The molecule has 176 valence electrons. The van der Waals surface area contributed by atoms with E-state index in [1.54, 1.807) is 11.7 Å². The first-order chi connectivity index (χ1) is 16.9. The molecule has 1 amide bonds. The minimum Gasteiger partial charge on any atom is -0.497 e. The highest BCUT2D eigenvalue weighted by molar-refractivity contribution is 6.30. The number of para-hydroxylation sites is 1. The summed E-state index contributed by atoms with van der Waals surface area (Å²) in [4.78, 5) is 31.0. The molecule has 0 aliphatic heterocycles. The van der Waals surface area contributed by atoms with Crippen LogP contribution in [-0.2, 0) is 17.9 Å². The van der Waals surface area contributed by atoms with Gasteiger partial charge in [-0.2, -0.15) is 0 Å². The third-order valence-electron chi connectivity index (χ3n) is 5.75. The van der Waals surface area contributed by atoms with Crippen molar-refractivity contribution in [3.8, 4) is 5.75 Å². The van der Waals surface area contributed by atoms with Crippen molar-refractivity contribution in [1.82, 2.24) is 14.1 Å². The number of amides is 1. The van der Waals surface area contributed by atoms with Gasteiger partial charge in [-0.3, -0.25) is 14.2 Å². The molecule has 5 aromatic rings. The van der Waals surface area contributed by atoms with E-state index in [1.165, 1.54) is 23.0 Å². The van der Waals surface area contributed by atoms with E-state index >= 15 is 0 Å².